The molecule has 0 aromatic carbocycles. The van der Waals surface area contributed by atoms with E-state index in [0.29, 0.717) is 0 Å². The monoisotopic (exact) mass is 128 g/mol. The van der Waals surface area contributed by atoms with Crippen molar-refractivity contribution in [2.75, 3.05) is 0 Å². The van der Waals surface area contributed by atoms with Crippen LogP contribution in [0, 0.1) is 0 Å². The van der Waals surface area contributed by atoms with Crippen LogP contribution in [0.25, 0.3) is 0 Å². The number of hydrogen-bond acceptors (Lipinski definition) is 0. The van der Waals surface area contributed by atoms with E-state index in [1.807, 2.05) is 0 Å². The van der Waals surface area contributed by atoms with Crippen molar-refractivity contribution in [2.45, 2.75) is 48.0 Å². The Morgan fingerprint density at radius 1 is 1.11 bits per heavy atom. The van der Waals surface area contributed by atoms with Gasteiger partial charge in [-0.2, -0.15) is 0 Å². The summed E-state index contributed by atoms with van der Waals surface area (Å²) in [6, 6.07) is 0. The maximum absolute atomic E-state index is 2.21. The molecular formula is C9H20. The molecule has 0 aliphatic heterocycles. The highest BCUT2D eigenvalue weighted by Gasteiger charge is 1.87. The molecule has 0 spiro atoms. The smallest absolute Gasteiger partial charge is 0.0323 e. The second-order valence-electron chi connectivity index (χ2n) is 2.53. The third-order valence-corrected chi connectivity index (χ3v) is 1.48. The molecule has 0 amide bonds. The summed E-state index contributed by atoms with van der Waals surface area (Å²) in [7, 11) is 0. The van der Waals surface area contributed by atoms with E-state index in [0.717, 1.165) is 0 Å². The van der Waals surface area contributed by atoms with Crippen molar-refractivity contribution in [3.05, 3.63) is 11.1 Å². The summed E-state index contributed by atoms with van der Waals surface area (Å²) in [6.45, 7) is 8.77. The molecule has 0 aliphatic carbocycles. The molecule has 0 heteroatoms. The Morgan fingerprint density at radius 2 is 1.56 bits per heavy atom. The third kappa shape index (κ3) is 5.61. The van der Waals surface area contributed by atoms with Crippen LogP contribution in [-0.4, -0.2) is 0 Å². The van der Waals surface area contributed by atoms with Gasteiger partial charge < -0.3 is 0 Å². The van der Waals surface area contributed by atoms with Crippen molar-refractivity contribution in [1.29, 1.82) is 0 Å². The van der Waals surface area contributed by atoms with E-state index < -0.39 is 0 Å². The van der Waals surface area contributed by atoms with Crippen molar-refractivity contribution in [1.82, 2.24) is 0 Å². The Morgan fingerprint density at radius 3 is 1.67 bits per heavy atom. The molecule has 0 rings (SSSR count). The molecule has 0 saturated carbocycles. The van der Waals surface area contributed by atoms with Gasteiger partial charge in [-0.3, -0.25) is 0 Å². The fourth-order valence-corrected chi connectivity index (χ4v) is 0.625. The van der Waals surface area contributed by atoms with Gasteiger partial charge in [0.1, 0.15) is 0 Å². The molecule has 0 fully saturated rings. The first-order valence-electron chi connectivity index (χ1n) is 3.31. The highest BCUT2D eigenvalue weighted by molar-refractivity contribution is 5.05. The van der Waals surface area contributed by atoms with Crippen LogP contribution in [0.3, 0.4) is 0 Å². The molecule has 9 heavy (non-hydrogen) atoms. The van der Waals surface area contributed by atoms with Crippen LogP contribution < -0.4 is 0 Å². The van der Waals surface area contributed by atoms with Gasteiger partial charge in [0.05, 0.1) is 0 Å². The lowest BCUT2D eigenvalue weighted by Gasteiger charge is -1.98. The largest absolute Gasteiger partial charge is 0.0776 e. The topological polar surface area (TPSA) is 0 Å². The highest BCUT2D eigenvalue weighted by atomic mass is 13.9. The summed E-state index contributed by atoms with van der Waals surface area (Å²) >= 11 is 0. The van der Waals surface area contributed by atoms with E-state index in [1.54, 1.807) is 5.57 Å². The van der Waals surface area contributed by atoms with Crippen LogP contribution in [0.1, 0.15) is 48.0 Å². The van der Waals surface area contributed by atoms with Gasteiger partial charge in [0.2, 0.25) is 0 Å². The van der Waals surface area contributed by atoms with Crippen LogP contribution in [0.4, 0.5) is 0 Å². The van der Waals surface area contributed by atoms with Crippen molar-refractivity contribution in [3.63, 3.8) is 0 Å². The summed E-state index contributed by atoms with van der Waals surface area (Å²) in [6.07, 6.45) is 2.54. The minimum atomic E-state index is 0. The first-order valence-corrected chi connectivity index (χ1v) is 3.31. The van der Waals surface area contributed by atoms with E-state index >= 15 is 0 Å². The zero-order chi connectivity index (χ0) is 6.57. The van der Waals surface area contributed by atoms with E-state index in [9.17, 15) is 0 Å². The van der Waals surface area contributed by atoms with Crippen LogP contribution in [0.15, 0.2) is 11.1 Å². The van der Waals surface area contributed by atoms with E-state index in [4.69, 9.17) is 0 Å². The summed E-state index contributed by atoms with van der Waals surface area (Å²) in [4.78, 5) is 0. The van der Waals surface area contributed by atoms with Crippen LogP contribution in [0.2, 0.25) is 0 Å². The van der Waals surface area contributed by atoms with Crippen molar-refractivity contribution >= 4 is 0 Å². The molecular weight excluding hydrogens is 108 g/mol. The molecule has 0 aliphatic rings. The lowest BCUT2D eigenvalue weighted by atomic mass is 10.1. The van der Waals surface area contributed by atoms with Gasteiger partial charge in [0.25, 0.3) is 0 Å². The van der Waals surface area contributed by atoms with Gasteiger partial charge in [-0.15, -0.1) is 0 Å². The average molecular weight is 128 g/mol. The quantitative estimate of drug-likeness (QED) is 0.496. The zero-order valence-corrected chi connectivity index (χ0v) is 6.41. The number of rotatable bonds is 2. The molecule has 56 valence electrons. The zero-order valence-electron chi connectivity index (χ0n) is 6.41. The summed E-state index contributed by atoms with van der Waals surface area (Å²) in [5, 5.41) is 0. The summed E-state index contributed by atoms with van der Waals surface area (Å²) in [5.41, 5.74) is 3.03. The maximum atomic E-state index is 2.21. The fraction of sp³-hybridized carbons (Fsp3) is 0.778. The first-order chi connectivity index (χ1) is 3.68. The molecule has 0 nitrogen and oxygen atoms in total. The van der Waals surface area contributed by atoms with E-state index in [2.05, 4.69) is 27.7 Å². The molecule has 0 aromatic heterocycles. The van der Waals surface area contributed by atoms with Gasteiger partial charge in [0, 0.05) is 0 Å². The lowest BCUT2D eigenvalue weighted by Crippen LogP contribution is -1.77. The van der Waals surface area contributed by atoms with Crippen LogP contribution in [-0.2, 0) is 0 Å². The minimum absolute atomic E-state index is 0. The van der Waals surface area contributed by atoms with E-state index in [1.165, 1.54) is 18.4 Å². The molecule has 0 bridgehead atoms. The maximum Gasteiger partial charge on any atom is -0.0323 e. The van der Waals surface area contributed by atoms with Crippen molar-refractivity contribution < 1.29 is 0 Å². The highest BCUT2D eigenvalue weighted by Crippen LogP contribution is 2.07. The average Bonchev–Trinajstić information content (AvgIpc) is 1.67. The van der Waals surface area contributed by atoms with Crippen molar-refractivity contribution in [3.8, 4) is 0 Å². The molecule has 0 atom stereocenters. The summed E-state index contributed by atoms with van der Waals surface area (Å²) < 4.78 is 0. The Bertz CT molecular complexity index is 84.2. The molecule has 0 unspecified atom stereocenters. The fourth-order valence-electron chi connectivity index (χ4n) is 0.625. The Kier molecular flexibility index (Phi) is 7.52. The van der Waals surface area contributed by atoms with Gasteiger partial charge in [-0.25, -0.2) is 0 Å². The van der Waals surface area contributed by atoms with Gasteiger partial charge in [-0.1, -0.05) is 31.9 Å². The first kappa shape index (κ1) is 11.5. The van der Waals surface area contributed by atoms with E-state index in [-0.39, 0.29) is 7.43 Å². The van der Waals surface area contributed by atoms with Gasteiger partial charge in [0.15, 0.2) is 0 Å². The molecule has 0 radical (unpaired) electrons. The Balaban J connectivity index is 0. The predicted octanol–water partition coefficient (Wildman–Crippen LogP) is 3.78. The third-order valence-electron chi connectivity index (χ3n) is 1.48. The molecule has 0 N–H and O–H groups in total. The standard InChI is InChI=1S/C8H16.CH4/c1-5-6-8(4)7(2)3;/h5-6H2,1-4H3;1H4. The normalized spacial score (nSPS) is 8.00. The summed E-state index contributed by atoms with van der Waals surface area (Å²) in [5.74, 6) is 0. The van der Waals surface area contributed by atoms with Crippen molar-refractivity contribution in [2.24, 2.45) is 0 Å². The SMILES string of the molecule is C.CCCC(C)=C(C)C. The Labute approximate surface area is 60.0 Å². The van der Waals surface area contributed by atoms with Crippen LogP contribution in [0.5, 0.6) is 0 Å². The second kappa shape index (κ2) is 5.87. The van der Waals surface area contributed by atoms with Crippen LogP contribution >= 0.6 is 0 Å². The molecule has 0 aromatic rings. The Hall–Kier alpha value is -0.260. The predicted molar refractivity (Wildman–Crippen MR) is 45.7 cm³/mol. The minimum Gasteiger partial charge on any atom is -0.0776 e. The second-order valence-corrected chi connectivity index (χ2v) is 2.53. The molecule has 0 saturated heterocycles. The number of allylic oxidation sites excluding steroid dienone is 2. The number of hydrogen-bond donors (Lipinski definition) is 0. The molecule has 0 heterocycles. The van der Waals surface area contributed by atoms with Gasteiger partial charge in [-0.05, 0) is 27.2 Å². The lowest BCUT2D eigenvalue weighted by molar-refractivity contribution is 0.890. The van der Waals surface area contributed by atoms with Gasteiger partial charge >= 0.3 is 0 Å².